The minimum atomic E-state index is 0.406. The number of hydrogen-bond acceptors (Lipinski definition) is 0. The van der Waals surface area contributed by atoms with Gasteiger partial charge in [0.25, 0.3) is 0 Å². The minimum absolute atomic E-state index is 0.406. The molecule has 0 bridgehead atoms. The Labute approximate surface area is 64.6 Å². The van der Waals surface area contributed by atoms with Gasteiger partial charge in [0, 0.05) is 0 Å². The van der Waals surface area contributed by atoms with Gasteiger partial charge in [0.15, 0.2) is 0 Å². The van der Waals surface area contributed by atoms with Crippen molar-refractivity contribution in [2.24, 2.45) is 5.41 Å². The summed E-state index contributed by atoms with van der Waals surface area (Å²) >= 11 is 0. The molecule has 58 valence electrons. The fourth-order valence-electron chi connectivity index (χ4n) is 1.10. The van der Waals surface area contributed by atoms with Gasteiger partial charge >= 0.3 is 0 Å². The quantitative estimate of drug-likeness (QED) is 0.512. The average Bonchev–Trinajstić information content (AvgIpc) is 1.59. The first-order chi connectivity index (χ1) is 4.45. The van der Waals surface area contributed by atoms with E-state index in [0.717, 1.165) is 6.42 Å². The molecule has 0 aromatic heterocycles. The van der Waals surface area contributed by atoms with Crippen LogP contribution in [0.3, 0.4) is 0 Å². The zero-order chi connectivity index (χ0) is 8.20. The smallest absolute Gasteiger partial charge is 0.0271 e. The van der Waals surface area contributed by atoms with Gasteiger partial charge in [-0.1, -0.05) is 45.1 Å². The van der Waals surface area contributed by atoms with Crippen LogP contribution in [0, 0.1) is 5.41 Å². The molecule has 0 aliphatic heterocycles. The van der Waals surface area contributed by atoms with Crippen LogP contribution >= 0.6 is 0 Å². The molecule has 0 saturated carbocycles. The second-order valence-corrected chi connectivity index (χ2v) is 3.99. The van der Waals surface area contributed by atoms with Gasteiger partial charge in [0.1, 0.15) is 0 Å². The van der Waals surface area contributed by atoms with Crippen molar-refractivity contribution < 1.29 is 0 Å². The maximum Gasteiger partial charge on any atom is -0.0271 e. The Hall–Kier alpha value is -0.520. The molecule has 0 saturated heterocycles. The van der Waals surface area contributed by atoms with Gasteiger partial charge in [-0.3, -0.25) is 0 Å². The van der Waals surface area contributed by atoms with E-state index in [0.29, 0.717) is 5.41 Å². The molecular formula is C10H18. The number of allylic oxidation sites excluding steroid dienone is 3. The Bertz CT molecular complexity index is 133. The topological polar surface area (TPSA) is 0 Å². The fraction of sp³-hybridized carbons (Fsp3) is 0.600. The average molecular weight is 138 g/mol. The second-order valence-electron chi connectivity index (χ2n) is 3.99. The molecule has 0 rings (SSSR count). The van der Waals surface area contributed by atoms with E-state index in [9.17, 15) is 0 Å². The molecule has 0 aliphatic carbocycles. The summed E-state index contributed by atoms with van der Waals surface area (Å²) in [4.78, 5) is 0. The lowest BCUT2D eigenvalue weighted by atomic mass is 9.88. The minimum Gasteiger partial charge on any atom is -0.0991 e. The Balaban J connectivity index is 3.91. The van der Waals surface area contributed by atoms with Gasteiger partial charge in [-0.05, 0) is 18.8 Å². The van der Waals surface area contributed by atoms with E-state index in [-0.39, 0.29) is 0 Å². The molecule has 0 atom stereocenters. The highest BCUT2D eigenvalue weighted by Gasteiger charge is 2.09. The van der Waals surface area contributed by atoms with Crippen LogP contribution < -0.4 is 0 Å². The predicted octanol–water partition coefficient (Wildman–Crippen LogP) is 3.55. The van der Waals surface area contributed by atoms with Crippen LogP contribution in [0.5, 0.6) is 0 Å². The van der Waals surface area contributed by atoms with Crippen molar-refractivity contribution in [1.29, 1.82) is 0 Å². The van der Waals surface area contributed by atoms with Crippen molar-refractivity contribution in [3.63, 3.8) is 0 Å². The first-order valence-corrected chi connectivity index (χ1v) is 3.74. The molecule has 0 heterocycles. The zero-order valence-corrected chi connectivity index (χ0v) is 7.57. The third-order valence-corrected chi connectivity index (χ3v) is 1.21. The SMILES string of the molecule is C=CC=C(C)CC(C)(C)C. The molecule has 0 unspecified atom stereocenters. The summed E-state index contributed by atoms with van der Waals surface area (Å²) < 4.78 is 0. The maximum absolute atomic E-state index is 3.65. The summed E-state index contributed by atoms with van der Waals surface area (Å²) in [5.74, 6) is 0. The lowest BCUT2D eigenvalue weighted by Gasteiger charge is -2.17. The van der Waals surface area contributed by atoms with Gasteiger partial charge in [0.2, 0.25) is 0 Å². The van der Waals surface area contributed by atoms with Crippen LogP contribution in [0.2, 0.25) is 0 Å². The van der Waals surface area contributed by atoms with Crippen LogP contribution in [0.4, 0.5) is 0 Å². The van der Waals surface area contributed by atoms with Gasteiger partial charge in [-0.25, -0.2) is 0 Å². The number of rotatable bonds is 2. The normalized spacial score (nSPS) is 13.4. The Morgan fingerprint density at radius 1 is 1.40 bits per heavy atom. The predicted molar refractivity (Wildman–Crippen MR) is 48.0 cm³/mol. The van der Waals surface area contributed by atoms with E-state index in [1.54, 1.807) is 0 Å². The Morgan fingerprint density at radius 3 is 2.20 bits per heavy atom. The highest BCUT2D eigenvalue weighted by Crippen LogP contribution is 2.23. The monoisotopic (exact) mass is 138 g/mol. The Kier molecular flexibility index (Phi) is 3.41. The van der Waals surface area contributed by atoms with E-state index in [2.05, 4.69) is 40.3 Å². The molecule has 0 N–H and O–H groups in total. The molecule has 0 aromatic carbocycles. The van der Waals surface area contributed by atoms with E-state index in [1.165, 1.54) is 5.57 Å². The van der Waals surface area contributed by atoms with Crippen LogP contribution in [0.15, 0.2) is 24.3 Å². The van der Waals surface area contributed by atoms with Gasteiger partial charge < -0.3 is 0 Å². The number of hydrogen-bond donors (Lipinski definition) is 0. The molecule has 0 aromatic rings. The fourth-order valence-corrected chi connectivity index (χ4v) is 1.10. The van der Waals surface area contributed by atoms with Gasteiger partial charge in [-0.2, -0.15) is 0 Å². The molecule has 0 amide bonds. The molecule has 0 heteroatoms. The van der Waals surface area contributed by atoms with Crippen molar-refractivity contribution in [1.82, 2.24) is 0 Å². The van der Waals surface area contributed by atoms with Gasteiger partial charge in [0.05, 0.1) is 0 Å². The Morgan fingerprint density at radius 2 is 1.90 bits per heavy atom. The maximum atomic E-state index is 3.65. The first-order valence-electron chi connectivity index (χ1n) is 3.74. The first kappa shape index (κ1) is 9.48. The lowest BCUT2D eigenvalue weighted by molar-refractivity contribution is 0.410. The van der Waals surface area contributed by atoms with Crippen LogP contribution in [0.25, 0.3) is 0 Å². The van der Waals surface area contributed by atoms with Crippen molar-refractivity contribution in [3.05, 3.63) is 24.3 Å². The molecule has 10 heavy (non-hydrogen) atoms. The summed E-state index contributed by atoms with van der Waals surface area (Å²) in [7, 11) is 0. The largest absolute Gasteiger partial charge is 0.0991 e. The standard InChI is InChI=1S/C10H18/c1-6-7-9(2)8-10(3,4)5/h6-7H,1,8H2,2-5H3. The highest BCUT2D eigenvalue weighted by molar-refractivity contribution is 5.08. The molecule has 0 fully saturated rings. The highest BCUT2D eigenvalue weighted by atomic mass is 14.1. The van der Waals surface area contributed by atoms with Crippen molar-refractivity contribution in [2.75, 3.05) is 0 Å². The summed E-state index contributed by atoms with van der Waals surface area (Å²) in [5, 5.41) is 0. The summed E-state index contributed by atoms with van der Waals surface area (Å²) in [6, 6.07) is 0. The van der Waals surface area contributed by atoms with E-state index >= 15 is 0 Å². The van der Waals surface area contributed by atoms with E-state index in [4.69, 9.17) is 0 Å². The lowest BCUT2D eigenvalue weighted by Crippen LogP contribution is -2.04. The van der Waals surface area contributed by atoms with Crippen molar-refractivity contribution in [3.8, 4) is 0 Å². The summed E-state index contributed by atoms with van der Waals surface area (Å²) in [5.41, 5.74) is 1.81. The van der Waals surface area contributed by atoms with Crippen molar-refractivity contribution in [2.45, 2.75) is 34.1 Å². The van der Waals surface area contributed by atoms with Crippen LogP contribution in [0.1, 0.15) is 34.1 Å². The van der Waals surface area contributed by atoms with Crippen LogP contribution in [-0.2, 0) is 0 Å². The third-order valence-electron chi connectivity index (χ3n) is 1.21. The second kappa shape index (κ2) is 3.60. The van der Waals surface area contributed by atoms with E-state index < -0.39 is 0 Å². The molecule has 0 aliphatic rings. The summed E-state index contributed by atoms with van der Waals surface area (Å²) in [6.45, 7) is 12.5. The molecule has 0 radical (unpaired) electrons. The van der Waals surface area contributed by atoms with Crippen molar-refractivity contribution >= 4 is 0 Å². The molecule has 0 nitrogen and oxygen atoms in total. The van der Waals surface area contributed by atoms with E-state index in [1.807, 2.05) is 6.08 Å². The zero-order valence-electron chi connectivity index (χ0n) is 7.57. The van der Waals surface area contributed by atoms with Crippen LogP contribution in [-0.4, -0.2) is 0 Å². The molecular weight excluding hydrogens is 120 g/mol. The van der Waals surface area contributed by atoms with Gasteiger partial charge in [-0.15, -0.1) is 0 Å². The summed E-state index contributed by atoms with van der Waals surface area (Å²) in [6.07, 6.45) is 5.07. The third kappa shape index (κ3) is 5.61. The molecule has 0 spiro atoms.